The highest BCUT2D eigenvalue weighted by Crippen LogP contribution is 2.39. The molecule has 0 saturated heterocycles. The SMILES string of the molecule is O=CCC(NC(=O)[C@@H]1Cc2cccc3c2N1C(=O)[C@@H](NC(=O)OCc1ccccc1)CC3)C(=O)CF. The van der Waals surface area contributed by atoms with Gasteiger partial charge in [0, 0.05) is 12.8 Å². The minimum atomic E-state index is -1.33. The number of carbonyl (C=O) groups excluding carboxylic acids is 5. The number of para-hydroxylation sites is 1. The fourth-order valence-corrected chi connectivity index (χ4v) is 4.61. The molecule has 2 aromatic carbocycles. The topological polar surface area (TPSA) is 122 Å². The molecule has 2 aliphatic heterocycles. The number of anilines is 1. The summed E-state index contributed by atoms with van der Waals surface area (Å²) in [5.74, 6) is -2.08. The lowest BCUT2D eigenvalue weighted by Crippen LogP contribution is -2.56. The molecule has 2 heterocycles. The van der Waals surface area contributed by atoms with Crippen molar-refractivity contribution in [3.8, 4) is 0 Å². The second kappa shape index (κ2) is 11.1. The molecule has 36 heavy (non-hydrogen) atoms. The lowest BCUT2D eigenvalue weighted by atomic mass is 10.0. The minimum Gasteiger partial charge on any atom is -0.445 e. The first-order chi connectivity index (χ1) is 17.4. The number of ketones is 1. The first kappa shape index (κ1) is 25.0. The van der Waals surface area contributed by atoms with E-state index in [4.69, 9.17) is 4.74 Å². The molecule has 0 bridgehead atoms. The van der Waals surface area contributed by atoms with Gasteiger partial charge in [-0.2, -0.15) is 0 Å². The van der Waals surface area contributed by atoms with E-state index in [1.165, 1.54) is 4.90 Å². The average molecular weight is 496 g/mol. The number of benzene rings is 2. The van der Waals surface area contributed by atoms with Crippen molar-refractivity contribution in [1.82, 2.24) is 10.6 Å². The van der Waals surface area contributed by atoms with E-state index in [9.17, 15) is 28.4 Å². The van der Waals surface area contributed by atoms with Crippen LogP contribution in [-0.2, 0) is 43.4 Å². The summed E-state index contributed by atoms with van der Waals surface area (Å²) in [5.41, 5.74) is 3.02. The summed E-state index contributed by atoms with van der Waals surface area (Å²) in [5, 5.41) is 5.04. The molecule has 188 valence electrons. The third kappa shape index (κ3) is 5.27. The number of rotatable bonds is 9. The Morgan fingerprint density at radius 3 is 2.58 bits per heavy atom. The second-order valence-corrected chi connectivity index (χ2v) is 8.71. The van der Waals surface area contributed by atoms with Crippen molar-refractivity contribution in [2.24, 2.45) is 0 Å². The molecule has 0 fully saturated rings. The number of hydrogen-bond donors (Lipinski definition) is 2. The van der Waals surface area contributed by atoms with Gasteiger partial charge in [0.1, 0.15) is 31.7 Å². The van der Waals surface area contributed by atoms with Crippen LogP contribution in [0.4, 0.5) is 14.9 Å². The Morgan fingerprint density at radius 2 is 1.86 bits per heavy atom. The predicted octanol–water partition coefficient (Wildman–Crippen LogP) is 1.80. The van der Waals surface area contributed by atoms with E-state index in [1.807, 2.05) is 36.4 Å². The molecule has 9 nitrogen and oxygen atoms in total. The molecular weight excluding hydrogens is 469 g/mol. The van der Waals surface area contributed by atoms with Crippen LogP contribution in [0.2, 0.25) is 0 Å². The smallest absolute Gasteiger partial charge is 0.408 e. The minimum absolute atomic E-state index is 0.0351. The number of hydrogen-bond acceptors (Lipinski definition) is 6. The van der Waals surface area contributed by atoms with Crippen LogP contribution >= 0.6 is 0 Å². The number of ether oxygens (including phenoxy) is 1. The summed E-state index contributed by atoms with van der Waals surface area (Å²) < 4.78 is 18.2. The Balaban J connectivity index is 1.52. The standard InChI is InChI=1S/C26H26FN3O6/c27-14-22(32)19(11-12-31)28-24(33)21-13-18-8-4-7-17-9-10-20(25(34)30(21)23(17)18)29-26(35)36-15-16-5-2-1-3-6-16/h1-8,12,19-21H,9-11,13-15H2,(H,28,33)(H,29,35)/t19?,20-,21-/m0/s1. The summed E-state index contributed by atoms with van der Waals surface area (Å²) in [6.07, 6.45) is 0.265. The zero-order chi connectivity index (χ0) is 25.7. The Hall–Kier alpha value is -4.08. The van der Waals surface area contributed by atoms with Gasteiger partial charge in [-0.15, -0.1) is 0 Å². The van der Waals surface area contributed by atoms with E-state index in [-0.39, 0.29) is 19.4 Å². The van der Waals surface area contributed by atoms with Crippen LogP contribution in [-0.4, -0.2) is 54.8 Å². The van der Waals surface area contributed by atoms with Gasteiger partial charge < -0.3 is 20.2 Å². The van der Waals surface area contributed by atoms with Crippen LogP contribution in [0.15, 0.2) is 48.5 Å². The van der Waals surface area contributed by atoms with Crippen LogP contribution in [0.1, 0.15) is 29.5 Å². The second-order valence-electron chi connectivity index (χ2n) is 8.71. The van der Waals surface area contributed by atoms with Crippen molar-refractivity contribution in [1.29, 1.82) is 0 Å². The van der Waals surface area contributed by atoms with E-state index < -0.39 is 48.5 Å². The fourth-order valence-electron chi connectivity index (χ4n) is 4.61. The van der Waals surface area contributed by atoms with Gasteiger partial charge in [-0.1, -0.05) is 48.5 Å². The molecule has 0 saturated carbocycles. The van der Waals surface area contributed by atoms with Crippen LogP contribution in [0.25, 0.3) is 0 Å². The van der Waals surface area contributed by atoms with E-state index >= 15 is 0 Å². The van der Waals surface area contributed by atoms with E-state index in [0.29, 0.717) is 24.8 Å². The molecule has 0 aliphatic carbocycles. The molecule has 2 aliphatic rings. The Labute approximate surface area is 207 Å². The largest absolute Gasteiger partial charge is 0.445 e. The number of alkyl halides is 1. The van der Waals surface area contributed by atoms with E-state index in [0.717, 1.165) is 16.7 Å². The number of halogens is 1. The number of nitrogens with one attached hydrogen (secondary N) is 2. The normalized spacial score (nSPS) is 19.0. The van der Waals surface area contributed by atoms with Gasteiger partial charge in [0.05, 0.1) is 11.7 Å². The molecule has 3 amide bonds. The Bertz CT molecular complexity index is 1170. The lowest BCUT2D eigenvalue weighted by molar-refractivity contribution is -0.131. The van der Waals surface area contributed by atoms with Crippen molar-refractivity contribution in [2.45, 2.75) is 50.4 Å². The van der Waals surface area contributed by atoms with Crippen LogP contribution < -0.4 is 15.5 Å². The van der Waals surface area contributed by atoms with Crippen molar-refractivity contribution < 1.29 is 33.1 Å². The molecule has 4 rings (SSSR count). The van der Waals surface area contributed by atoms with E-state index in [1.54, 1.807) is 12.1 Å². The van der Waals surface area contributed by atoms with Gasteiger partial charge in [0.2, 0.25) is 11.8 Å². The number of aldehydes is 1. The molecule has 10 heteroatoms. The summed E-state index contributed by atoms with van der Waals surface area (Å²) in [4.78, 5) is 63.4. The molecule has 0 radical (unpaired) electrons. The molecule has 0 aromatic heterocycles. The maximum Gasteiger partial charge on any atom is 0.408 e. The van der Waals surface area contributed by atoms with Gasteiger partial charge in [0.15, 0.2) is 5.78 Å². The molecular formula is C26H26FN3O6. The lowest BCUT2D eigenvalue weighted by Gasteiger charge is -2.28. The highest BCUT2D eigenvalue weighted by atomic mass is 19.1. The van der Waals surface area contributed by atoms with Gasteiger partial charge in [0.25, 0.3) is 0 Å². The number of amides is 3. The Morgan fingerprint density at radius 1 is 1.11 bits per heavy atom. The van der Waals surface area contributed by atoms with Crippen molar-refractivity contribution in [3.63, 3.8) is 0 Å². The number of aryl methyl sites for hydroxylation is 1. The van der Waals surface area contributed by atoms with Gasteiger partial charge in [-0.05, 0) is 29.5 Å². The summed E-state index contributed by atoms with van der Waals surface area (Å²) in [7, 11) is 0. The predicted molar refractivity (Wildman–Crippen MR) is 127 cm³/mol. The maximum absolute atomic E-state index is 13.6. The van der Waals surface area contributed by atoms with Crippen molar-refractivity contribution in [2.75, 3.05) is 11.6 Å². The monoisotopic (exact) mass is 495 g/mol. The van der Waals surface area contributed by atoms with Crippen LogP contribution in [0.5, 0.6) is 0 Å². The number of Topliss-reactive ketones (excluding diaryl/α,β-unsaturated/α-hetero) is 1. The van der Waals surface area contributed by atoms with Crippen molar-refractivity contribution in [3.05, 3.63) is 65.2 Å². The number of nitrogens with zero attached hydrogens (tertiary/aromatic N) is 1. The first-order valence-corrected chi connectivity index (χ1v) is 11.7. The van der Waals surface area contributed by atoms with Crippen LogP contribution in [0.3, 0.4) is 0 Å². The summed E-state index contributed by atoms with van der Waals surface area (Å²) in [6, 6.07) is 11.3. The van der Waals surface area contributed by atoms with Gasteiger partial charge >= 0.3 is 6.09 Å². The third-order valence-electron chi connectivity index (χ3n) is 6.38. The first-order valence-electron chi connectivity index (χ1n) is 11.7. The highest BCUT2D eigenvalue weighted by Gasteiger charge is 2.44. The Kier molecular flexibility index (Phi) is 7.72. The molecule has 2 aromatic rings. The molecule has 2 N–H and O–H groups in total. The van der Waals surface area contributed by atoms with Gasteiger partial charge in [-0.3, -0.25) is 19.3 Å². The van der Waals surface area contributed by atoms with E-state index in [2.05, 4.69) is 10.6 Å². The third-order valence-corrected chi connectivity index (χ3v) is 6.38. The zero-order valence-corrected chi connectivity index (χ0v) is 19.4. The van der Waals surface area contributed by atoms with Crippen molar-refractivity contribution >= 4 is 35.7 Å². The number of carbonyl (C=O) groups is 5. The number of alkyl carbamates (subject to hydrolysis) is 1. The van der Waals surface area contributed by atoms with Gasteiger partial charge in [-0.25, -0.2) is 9.18 Å². The fraction of sp³-hybridized carbons (Fsp3) is 0.346. The molecule has 1 unspecified atom stereocenters. The highest BCUT2D eigenvalue weighted by molar-refractivity contribution is 6.08. The quantitative estimate of drug-likeness (QED) is 0.512. The molecule has 0 spiro atoms. The van der Waals surface area contributed by atoms with Crippen LogP contribution in [0, 0.1) is 0 Å². The summed E-state index contributed by atoms with van der Waals surface area (Å²) >= 11 is 0. The average Bonchev–Trinajstić information content (AvgIpc) is 3.23. The maximum atomic E-state index is 13.6. The molecule has 3 atom stereocenters. The summed E-state index contributed by atoms with van der Waals surface area (Å²) in [6.45, 7) is -1.29. The zero-order valence-electron chi connectivity index (χ0n) is 19.4.